The van der Waals surface area contributed by atoms with Crippen LogP contribution in [0.1, 0.15) is 47.0 Å². The Kier molecular flexibility index (Phi) is 7.84. The van der Waals surface area contributed by atoms with E-state index in [1.165, 1.54) is 0 Å². The molecule has 2 heteroatoms. The first-order valence-corrected chi connectivity index (χ1v) is 4.14. The van der Waals surface area contributed by atoms with Gasteiger partial charge in [-0.25, -0.2) is 0 Å². The minimum Gasteiger partial charge on any atom is -0.852 e. The maximum Gasteiger partial charge on any atom is 1.00 e. The van der Waals surface area contributed by atoms with Gasteiger partial charge < -0.3 is 5.11 Å². The van der Waals surface area contributed by atoms with E-state index in [2.05, 4.69) is 6.92 Å². The molecule has 11 heavy (non-hydrogen) atoms. The van der Waals surface area contributed by atoms with Gasteiger partial charge >= 0.3 is 18.9 Å². The van der Waals surface area contributed by atoms with Gasteiger partial charge in [-0.2, -0.15) is 0 Å². The Balaban J connectivity index is 0. The first kappa shape index (κ1) is 14.1. The van der Waals surface area contributed by atoms with Crippen LogP contribution in [-0.2, 0) is 0 Å². The zero-order valence-corrected chi connectivity index (χ0v) is 8.61. The number of rotatable bonds is 3. The second kappa shape index (κ2) is 6.12. The molecule has 0 bridgehead atoms. The van der Waals surface area contributed by atoms with Crippen LogP contribution in [0, 0.1) is 5.41 Å². The third-order valence-corrected chi connectivity index (χ3v) is 1.79. The quantitative estimate of drug-likeness (QED) is 0.471. The van der Waals surface area contributed by atoms with Crippen LogP contribution >= 0.6 is 0 Å². The third-order valence-electron chi connectivity index (χ3n) is 1.79. The second-order valence-corrected chi connectivity index (χ2v) is 4.00. The van der Waals surface area contributed by atoms with Crippen LogP contribution in [0.2, 0.25) is 0 Å². The van der Waals surface area contributed by atoms with Crippen LogP contribution in [0.25, 0.3) is 0 Å². The van der Waals surface area contributed by atoms with E-state index in [1.807, 2.05) is 20.8 Å². The Morgan fingerprint density at radius 3 is 2.00 bits per heavy atom. The van der Waals surface area contributed by atoms with Gasteiger partial charge in [0.25, 0.3) is 0 Å². The van der Waals surface area contributed by atoms with E-state index in [0.717, 1.165) is 19.3 Å². The summed E-state index contributed by atoms with van der Waals surface area (Å²) in [6.07, 6.45) is 2.66. The Morgan fingerprint density at radius 2 is 1.73 bits per heavy atom. The molecule has 0 saturated carbocycles. The molecule has 0 saturated heterocycles. The Hall–Kier alpha value is 0.557. The SMILES string of the molecule is CCCCC([O-])C(C)(C)C.[Li+]. The topological polar surface area (TPSA) is 23.1 Å². The summed E-state index contributed by atoms with van der Waals surface area (Å²) >= 11 is 0. The standard InChI is InChI=1S/C9H19O.Li/c1-5-6-7-8(10)9(2,3)4;/h8H,5-7H2,1-4H3;/q-1;+1. The number of hydrogen-bond acceptors (Lipinski definition) is 1. The van der Waals surface area contributed by atoms with Crippen molar-refractivity contribution in [2.45, 2.75) is 53.1 Å². The van der Waals surface area contributed by atoms with Gasteiger partial charge in [0.2, 0.25) is 0 Å². The molecule has 0 aromatic heterocycles. The second-order valence-electron chi connectivity index (χ2n) is 4.00. The van der Waals surface area contributed by atoms with E-state index < -0.39 is 0 Å². The van der Waals surface area contributed by atoms with Gasteiger partial charge in [0, 0.05) is 0 Å². The van der Waals surface area contributed by atoms with E-state index in [1.54, 1.807) is 0 Å². The molecule has 0 amide bonds. The summed E-state index contributed by atoms with van der Waals surface area (Å²) in [6, 6.07) is 0. The summed E-state index contributed by atoms with van der Waals surface area (Å²) in [7, 11) is 0. The molecule has 0 radical (unpaired) electrons. The third kappa shape index (κ3) is 6.94. The van der Waals surface area contributed by atoms with Crippen molar-refractivity contribution in [2.75, 3.05) is 0 Å². The zero-order valence-electron chi connectivity index (χ0n) is 8.61. The summed E-state index contributed by atoms with van der Waals surface area (Å²) in [5.74, 6) is 0. The largest absolute Gasteiger partial charge is 1.00 e. The van der Waals surface area contributed by atoms with E-state index in [0.29, 0.717) is 0 Å². The monoisotopic (exact) mass is 150 g/mol. The molecular formula is C9H19LiO. The van der Waals surface area contributed by atoms with Crippen LogP contribution in [0.3, 0.4) is 0 Å². The van der Waals surface area contributed by atoms with Crippen molar-refractivity contribution in [1.82, 2.24) is 0 Å². The maximum atomic E-state index is 11.3. The van der Waals surface area contributed by atoms with Gasteiger partial charge in [0.05, 0.1) is 0 Å². The maximum absolute atomic E-state index is 11.3. The molecule has 62 valence electrons. The predicted octanol–water partition coefficient (Wildman–Crippen LogP) is -1.04. The van der Waals surface area contributed by atoms with Crippen molar-refractivity contribution in [2.24, 2.45) is 5.41 Å². The van der Waals surface area contributed by atoms with Crippen molar-refractivity contribution in [3.05, 3.63) is 0 Å². The van der Waals surface area contributed by atoms with Crippen molar-refractivity contribution >= 4 is 0 Å². The number of unbranched alkanes of at least 4 members (excludes halogenated alkanes) is 1. The summed E-state index contributed by atoms with van der Waals surface area (Å²) < 4.78 is 0. The van der Waals surface area contributed by atoms with Gasteiger partial charge in [0.1, 0.15) is 0 Å². The number of hydrogen-bond donors (Lipinski definition) is 0. The van der Waals surface area contributed by atoms with Crippen molar-refractivity contribution in [3.8, 4) is 0 Å². The van der Waals surface area contributed by atoms with Crippen LogP contribution in [-0.4, -0.2) is 6.10 Å². The molecule has 0 aliphatic rings. The van der Waals surface area contributed by atoms with Crippen LogP contribution in [0.4, 0.5) is 0 Å². The fraction of sp³-hybridized carbons (Fsp3) is 1.00. The normalized spacial score (nSPS) is 13.9. The fourth-order valence-electron chi connectivity index (χ4n) is 0.823. The van der Waals surface area contributed by atoms with Gasteiger partial charge in [-0.3, -0.25) is 0 Å². The molecule has 1 atom stereocenters. The summed E-state index contributed by atoms with van der Waals surface area (Å²) in [6.45, 7) is 8.16. The molecule has 0 fully saturated rings. The molecule has 0 aliphatic heterocycles. The summed E-state index contributed by atoms with van der Waals surface area (Å²) in [4.78, 5) is 0. The van der Waals surface area contributed by atoms with Crippen LogP contribution in [0.5, 0.6) is 0 Å². The first-order valence-electron chi connectivity index (χ1n) is 4.14. The molecule has 1 nitrogen and oxygen atoms in total. The molecule has 0 spiro atoms. The van der Waals surface area contributed by atoms with Crippen molar-refractivity contribution in [3.63, 3.8) is 0 Å². The van der Waals surface area contributed by atoms with E-state index in [-0.39, 0.29) is 30.4 Å². The predicted molar refractivity (Wildman–Crippen MR) is 42.8 cm³/mol. The van der Waals surface area contributed by atoms with Gasteiger partial charge in [-0.15, -0.1) is 6.10 Å². The average Bonchev–Trinajstić information content (AvgIpc) is 1.80. The van der Waals surface area contributed by atoms with E-state index in [9.17, 15) is 5.11 Å². The van der Waals surface area contributed by atoms with E-state index >= 15 is 0 Å². The Labute approximate surface area is 82.8 Å². The molecule has 0 rings (SSSR count). The molecule has 0 aromatic carbocycles. The molecule has 1 unspecified atom stereocenters. The van der Waals surface area contributed by atoms with Gasteiger partial charge in [-0.1, -0.05) is 52.4 Å². The summed E-state index contributed by atoms with van der Waals surface area (Å²) in [5, 5.41) is 11.3. The average molecular weight is 150 g/mol. The first-order chi connectivity index (χ1) is 4.48. The zero-order chi connectivity index (χ0) is 8.20. The molecular weight excluding hydrogens is 131 g/mol. The van der Waals surface area contributed by atoms with Gasteiger partial charge in [0.15, 0.2) is 0 Å². The van der Waals surface area contributed by atoms with Crippen LogP contribution in [0.15, 0.2) is 0 Å². The van der Waals surface area contributed by atoms with Crippen LogP contribution < -0.4 is 24.0 Å². The Bertz CT molecular complexity index is 86.1. The summed E-state index contributed by atoms with van der Waals surface area (Å²) in [5.41, 5.74) is -0.0465. The molecule has 0 aliphatic carbocycles. The minimum absolute atomic E-state index is 0. The smallest absolute Gasteiger partial charge is 0.852 e. The Morgan fingerprint density at radius 1 is 1.27 bits per heavy atom. The minimum atomic E-state index is -0.382. The van der Waals surface area contributed by atoms with Crippen molar-refractivity contribution < 1.29 is 24.0 Å². The van der Waals surface area contributed by atoms with Crippen molar-refractivity contribution in [1.29, 1.82) is 0 Å². The molecule has 0 aromatic rings. The molecule has 0 N–H and O–H groups in total. The fourth-order valence-corrected chi connectivity index (χ4v) is 0.823. The van der Waals surface area contributed by atoms with E-state index in [4.69, 9.17) is 0 Å². The molecule has 0 heterocycles. The van der Waals surface area contributed by atoms with Gasteiger partial charge in [-0.05, 0) is 0 Å².